The van der Waals surface area contributed by atoms with Crippen molar-refractivity contribution in [3.8, 4) is 11.8 Å². The summed E-state index contributed by atoms with van der Waals surface area (Å²) < 4.78 is 11.0. The van der Waals surface area contributed by atoms with E-state index in [9.17, 15) is 19.6 Å². The highest BCUT2D eigenvalue weighted by molar-refractivity contribution is 9.10. The minimum atomic E-state index is -1.38. The number of carbonyl (C=O) groups is 3. The van der Waals surface area contributed by atoms with Gasteiger partial charge in [-0.2, -0.15) is 5.26 Å². The van der Waals surface area contributed by atoms with E-state index in [1.165, 1.54) is 12.1 Å². The largest absolute Gasteiger partial charge is 0.491 e. The van der Waals surface area contributed by atoms with Crippen molar-refractivity contribution in [2.24, 2.45) is 5.92 Å². The van der Waals surface area contributed by atoms with Crippen LogP contribution in [0.25, 0.3) is 0 Å². The molecule has 2 amide bonds. The zero-order valence-corrected chi connectivity index (χ0v) is 24.0. The van der Waals surface area contributed by atoms with Crippen molar-refractivity contribution in [1.82, 2.24) is 5.32 Å². The number of rotatable bonds is 8. The van der Waals surface area contributed by atoms with Crippen molar-refractivity contribution >= 4 is 86.0 Å². The smallest absolute Gasteiger partial charge is 0.319 e. The Kier molecular flexibility index (Phi) is 10.2. The first-order valence-electron chi connectivity index (χ1n) is 10.6. The third-order valence-corrected chi connectivity index (χ3v) is 7.59. The molecule has 0 radical (unpaired) electrons. The SMILES string of the molecule is CCOc1c(Cl)cc([C@H]2C(C#N)=C(SCC(=O)Nc3ccc(Br)cc3Cl)NC(=O)[C@@H]2C(=O)OC)cc1Cl. The number of ether oxygens (including phenoxy) is 2. The van der Waals surface area contributed by atoms with Crippen LogP contribution in [0.5, 0.6) is 5.75 Å². The minimum Gasteiger partial charge on any atom is -0.491 e. The van der Waals surface area contributed by atoms with Crippen LogP contribution in [0, 0.1) is 17.2 Å². The summed E-state index contributed by atoms with van der Waals surface area (Å²) in [6, 6.07) is 10.0. The van der Waals surface area contributed by atoms with E-state index < -0.39 is 29.6 Å². The fourth-order valence-corrected chi connectivity index (χ4v) is 5.82. The molecule has 3 rings (SSSR count). The van der Waals surface area contributed by atoms with Crippen LogP contribution in [0.15, 0.2) is 45.4 Å². The molecule has 1 aliphatic rings. The third-order valence-electron chi connectivity index (χ3n) is 5.20. The summed E-state index contributed by atoms with van der Waals surface area (Å²) in [6.07, 6.45) is 0. The Hall–Kier alpha value is -2.42. The fourth-order valence-electron chi connectivity index (χ4n) is 3.64. The van der Waals surface area contributed by atoms with E-state index in [2.05, 4.69) is 32.6 Å². The Bertz CT molecular complexity index is 1310. The van der Waals surface area contributed by atoms with Gasteiger partial charge in [-0.1, -0.05) is 62.5 Å². The number of amides is 2. The average molecular weight is 648 g/mol. The molecule has 0 saturated carbocycles. The maximum Gasteiger partial charge on any atom is 0.319 e. The quantitative estimate of drug-likeness (QED) is 0.270. The molecule has 2 N–H and O–H groups in total. The molecular formula is C24H19BrCl3N3O5S. The van der Waals surface area contributed by atoms with Gasteiger partial charge < -0.3 is 20.1 Å². The molecule has 2 aromatic carbocycles. The second-order valence-electron chi connectivity index (χ2n) is 7.53. The van der Waals surface area contributed by atoms with Gasteiger partial charge in [-0.15, -0.1) is 0 Å². The summed E-state index contributed by atoms with van der Waals surface area (Å²) in [6.45, 7) is 2.08. The van der Waals surface area contributed by atoms with Gasteiger partial charge in [0.1, 0.15) is 5.92 Å². The first-order chi connectivity index (χ1) is 17.6. The van der Waals surface area contributed by atoms with Crippen LogP contribution in [-0.4, -0.2) is 37.3 Å². The molecule has 0 aromatic heterocycles. The van der Waals surface area contributed by atoms with Gasteiger partial charge in [0.15, 0.2) is 5.75 Å². The monoisotopic (exact) mass is 645 g/mol. The summed E-state index contributed by atoms with van der Waals surface area (Å²) in [5.41, 5.74) is 0.787. The standard InChI is InChI=1S/C24H19BrCl3N3O5S/c1-3-36-21-15(27)6-11(7-16(21)28)19-13(9-29)23(31-22(33)20(19)24(34)35-2)37-10-18(32)30-17-5-4-12(25)8-14(17)26/h4-8,19-20H,3,10H2,1-2H3,(H,30,32)(H,31,33)/t19-,20+/m0/s1. The highest BCUT2D eigenvalue weighted by Gasteiger charge is 2.44. The van der Waals surface area contributed by atoms with Crippen LogP contribution >= 0.6 is 62.5 Å². The van der Waals surface area contributed by atoms with Crippen molar-refractivity contribution in [3.05, 3.63) is 66.0 Å². The molecule has 0 bridgehead atoms. The first kappa shape index (κ1) is 29.1. The number of halogens is 4. The molecule has 0 saturated heterocycles. The van der Waals surface area contributed by atoms with Crippen molar-refractivity contribution in [2.45, 2.75) is 12.8 Å². The molecule has 2 atom stereocenters. The van der Waals surface area contributed by atoms with Crippen molar-refractivity contribution in [3.63, 3.8) is 0 Å². The molecule has 0 unspecified atom stereocenters. The number of allylic oxidation sites excluding steroid dienone is 1. The van der Waals surface area contributed by atoms with Crippen LogP contribution in [0.3, 0.4) is 0 Å². The summed E-state index contributed by atoms with van der Waals surface area (Å²) in [4.78, 5) is 38.2. The Morgan fingerprint density at radius 3 is 2.43 bits per heavy atom. The van der Waals surface area contributed by atoms with E-state index in [0.29, 0.717) is 22.9 Å². The lowest BCUT2D eigenvalue weighted by Crippen LogP contribution is -2.44. The number of benzene rings is 2. The lowest BCUT2D eigenvalue weighted by Gasteiger charge is -2.31. The summed E-state index contributed by atoms with van der Waals surface area (Å²) in [7, 11) is 1.14. The molecule has 37 heavy (non-hydrogen) atoms. The molecule has 0 aliphatic carbocycles. The second kappa shape index (κ2) is 12.9. The molecule has 1 aliphatic heterocycles. The highest BCUT2D eigenvalue weighted by atomic mass is 79.9. The molecule has 2 aromatic rings. The number of nitriles is 1. The summed E-state index contributed by atoms with van der Waals surface area (Å²) in [5, 5.41) is 16.0. The third kappa shape index (κ3) is 6.72. The second-order valence-corrected chi connectivity index (χ2v) is 10.7. The fraction of sp³-hybridized carbons (Fsp3) is 0.250. The van der Waals surface area contributed by atoms with Gasteiger partial charge in [-0.3, -0.25) is 14.4 Å². The zero-order valence-electron chi connectivity index (χ0n) is 19.4. The topological polar surface area (TPSA) is 118 Å². The lowest BCUT2D eigenvalue weighted by molar-refractivity contribution is -0.150. The van der Waals surface area contributed by atoms with E-state index in [1.54, 1.807) is 25.1 Å². The Labute approximate surface area is 240 Å². The molecule has 1 heterocycles. The molecule has 0 fully saturated rings. The molecule has 8 nitrogen and oxygen atoms in total. The Morgan fingerprint density at radius 1 is 1.19 bits per heavy atom. The van der Waals surface area contributed by atoms with E-state index in [-0.39, 0.29) is 32.1 Å². The summed E-state index contributed by atoms with van der Waals surface area (Å²) >= 11 is 23.1. The van der Waals surface area contributed by atoms with Gasteiger partial charge in [0.25, 0.3) is 0 Å². The zero-order chi connectivity index (χ0) is 27.3. The number of anilines is 1. The number of thioether (sulfide) groups is 1. The average Bonchev–Trinajstić information content (AvgIpc) is 2.85. The maximum absolute atomic E-state index is 13.0. The molecular weight excluding hydrogens is 629 g/mol. The van der Waals surface area contributed by atoms with Crippen molar-refractivity contribution in [2.75, 3.05) is 24.8 Å². The van der Waals surface area contributed by atoms with E-state index in [1.807, 2.05) is 0 Å². The van der Waals surface area contributed by atoms with E-state index in [0.717, 1.165) is 23.3 Å². The predicted molar refractivity (Wildman–Crippen MR) is 147 cm³/mol. The van der Waals surface area contributed by atoms with E-state index in [4.69, 9.17) is 44.3 Å². The van der Waals surface area contributed by atoms with Gasteiger partial charge in [-0.25, -0.2) is 0 Å². The number of carbonyl (C=O) groups excluding carboxylic acids is 3. The van der Waals surface area contributed by atoms with Crippen LogP contribution in [0.2, 0.25) is 15.1 Å². The number of nitrogens with zero attached hydrogens (tertiary/aromatic N) is 1. The number of hydrogen-bond donors (Lipinski definition) is 2. The number of hydrogen-bond acceptors (Lipinski definition) is 7. The number of methoxy groups -OCH3 is 1. The minimum absolute atomic E-state index is 0.0470. The van der Waals surface area contributed by atoms with Crippen molar-refractivity contribution in [1.29, 1.82) is 5.26 Å². The van der Waals surface area contributed by atoms with Crippen molar-refractivity contribution < 1.29 is 23.9 Å². The number of esters is 1. The van der Waals surface area contributed by atoms with Gasteiger partial charge in [0, 0.05) is 10.4 Å². The predicted octanol–water partition coefficient (Wildman–Crippen LogP) is 5.92. The van der Waals surface area contributed by atoms with Crippen LogP contribution < -0.4 is 15.4 Å². The van der Waals surface area contributed by atoms with Gasteiger partial charge >= 0.3 is 5.97 Å². The maximum atomic E-state index is 13.0. The van der Waals surface area contributed by atoms with Gasteiger partial charge in [-0.05, 0) is 42.8 Å². The molecule has 13 heteroatoms. The Morgan fingerprint density at radius 2 is 1.86 bits per heavy atom. The normalized spacial score (nSPS) is 17.1. The van der Waals surface area contributed by atoms with Crippen LogP contribution in [0.4, 0.5) is 5.69 Å². The number of nitrogens with one attached hydrogen (secondary N) is 2. The lowest BCUT2D eigenvalue weighted by atomic mass is 9.78. The molecule has 194 valence electrons. The highest BCUT2D eigenvalue weighted by Crippen LogP contribution is 2.44. The van der Waals surface area contributed by atoms with Crippen LogP contribution in [-0.2, 0) is 19.1 Å². The van der Waals surface area contributed by atoms with Crippen LogP contribution in [0.1, 0.15) is 18.4 Å². The van der Waals surface area contributed by atoms with E-state index >= 15 is 0 Å². The first-order valence-corrected chi connectivity index (χ1v) is 13.5. The van der Waals surface area contributed by atoms with Gasteiger partial charge in [0.05, 0.1) is 56.9 Å². The summed E-state index contributed by atoms with van der Waals surface area (Å²) in [5.74, 6) is -4.34. The Balaban J connectivity index is 1.97. The molecule has 0 spiro atoms. The van der Waals surface area contributed by atoms with Gasteiger partial charge in [0.2, 0.25) is 11.8 Å².